The van der Waals surface area contributed by atoms with E-state index < -0.39 is 5.60 Å². The molecule has 4 aliphatic carbocycles. The molecule has 5 atom stereocenters. The van der Waals surface area contributed by atoms with Crippen LogP contribution in [0.15, 0.2) is 18.2 Å². The quantitative estimate of drug-likeness (QED) is 0.728. The van der Waals surface area contributed by atoms with Crippen molar-refractivity contribution in [3.8, 4) is 18.1 Å². The Bertz CT molecular complexity index is 771. The van der Waals surface area contributed by atoms with Crippen molar-refractivity contribution < 1.29 is 9.84 Å². The van der Waals surface area contributed by atoms with Crippen LogP contribution in [0.2, 0.25) is 0 Å². The lowest BCUT2D eigenvalue weighted by Crippen LogP contribution is -2.50. The molecule has 0 radical (unpaired) electrons. The number of benzene rings is 1. The lowest BCUT2D eigenvalue weighted by Gasteiger charge is -2.52. The van der Waals surface area contributed by atoms with E-state index in [4.69, 9.17) is 11.2 Å². The van der Waals surface area contributed by atoms with Crippen LogP contribution in [-0.2, 0) is 6.42 Å². The zero-order chi connectivity index (χ0) is 18.6. The van der Waals surface area contributed by atoms with Crippen LogP contribution in [0.25, 0.3) is 0 Å². The summed E-state index contributed by atoms with van der Waals surface area (Å²) in [5.74, 6) is 5.70. The van der Waals surface area contributed by atoms with E-state index in [9.17, 15) is 5.11 Å². The number of aryl methyl sites for hydroxylation is 1. The molecular weight excluding hydrogens is 332 g/mol. The number of terminal acetylenes is 1. The second kappa shape index (κ2) is 6.28. The van der Waals surface area contributed by atoms with E-state index in [1.807, 2.05) is 0 Å². The maximum Gasteiger partial charge on any atom is 0.130 e. The highest BCUT2D eigenvalue weighted by Crippen LogP contribution is 2.64. The van der Waals surface area contributed by atoms with Gasteiger partial charge >= 0.3 is 0 Å². The Kier molecular flexibility index (Phi) is 4.10. The van der Waals surface area contributed by atoms with Gasteiger partial charge in [-0.3, -0.25) is 0 Å². The van der Waals surface area contributed by atoms with Crippen LogP contribution in [0.1, 0.15) is 81.8 Å². The minimum Gasteiger partial charge on any atom is -0.490 e. The number of rotatable bonds is 2. The molecule has 0 aliphatic heterocycles. The second-order valence-corrected chi connectivity index (χ2v) is 9.80. The van der Waals surface area contributed by atoms with Gasteiger partial charge in [0.2, 0.25) is 0 Å². The fraction of sp³-hybridized carbons (Fsp3) is 0.680. The standard InChI is InChI=1S/C25H32O2/c1-3-25(26)15-13-23-22-10-8-17-16-19(27-18-6-4-5-7-18)9-11-20(17)21(22)12-14-24(23,25)2/h1,9,11,16,18,21-23,26H,4-8,10,12-15H2,2H3/t21-,22-,23+,24+,25?/m1/s1. The molecule has 1 aromatic rings. The van der Waals surface area contributed by atoms with E-state index >= 15 is 0 Å². The summed E-state index contributed by atoms with van der Waals surface area (Å²) in [4.78, 5) is 0. The number of fused-ring (bicyclic) bond motifs is 5. The highest BCUT2D eigenvalue weighted by Gasteiger charge is 2.61. The molecule has 0 amide bonds. The van der Waals surface area contributed by atoms with Crippen molar-refractivity contribution in [1.82, 2.24) is 0 Å². The minimum atomic E-state index is -0.901. The van der Waals surface area contributed by atoms with E-state index in [1.54, 1.807) is 5.56 Å². The van der Waals surface area contributed by atoms with Crippen molar-refractivity contribution in [2.24, 2.45) is 17.3 Å². The van der Waals surface area contributed by atoms with Crippen LogP contribution < -0.4 is 4.74 Å². The molecule has 0 aromatic heterocycles. The average Bonchev–Trinajstić information content (AvgIpc) is 3.28. The normalized spacial score (nSPS) is 40.7. The molecule has 2 nitrogen and oxygen atoms in total. The molecule has 0 spiro atoms. The number of hydrogen-bond acceptors (Lipinski definition) is 2. The van der Waals surface area contributed by atoms with Gasteiger partial charge in [-0.15, -0.1) is 6.42 Å². The first-order chi connectivity index (χ1) is 13.0. The SMILES string of the molecule is C#CC1(O)CC[C@H]2[C@@H]3CCc4cc(OC5CCCC5)ccc4[C@H]3CC[C@@]21C. The summed E-state index contributed by atoms with van der Waals surface area (Å²) in [6.07, 6.45) is 17.6. The van der Waals surface area contributed by atoms with Crippen molar-refractivity contribution in [1.29, 1.82) is 0 Å². The molecule has 2 heteroatoms. The van der Waals surface area contributed by atoms with E-state index in [-0.39, 0.29) is 5.41 Å². The first-order valence-corrected chi connectivity index (χ1v) is 11.0. The molecular formula is C25H32O2. The second-order valence-electron chi connectivity index (χ2n) is 9.80. The van der Waals surface area contributed by atoms with Crippen LogP contribution in [-0.4, -0.2) is 16.8 Å². The molecule has 3 fully saturated rings. The third kappa shape index (κ3) is 2.58. The van der Waals surface area contributed by atoms with Crippen LogP contribution >= 0.6 is 0 Å². The molecule has 0 bridgehead atoms. The molecule has 0 saturated heterocycles. The van der Waals surface area contributed by atoms with Crippen molar-refractivity contribution >= 4 is 0 Å². The number of ether oxygens (including phenoxy) is 1. The smallest absolute Gasteiger partial charge is 0.130 e. The van der Waals surface area contributed by atoms with Crippen LogP contribution in [0.5, 0.6) is 5.75 Å². The summed E-state index contributed by atoms with van der Waals surface area (Å²) in [7, 11) is 0. The third-order valence-electron chi connectivity index (χ3n) is 8.69. The molecule has 1 aromatic carbocycles. The first-order valence-electron chi connectivity index (χ1n) is 11.0. The molecule has 3 saturated carbocycles. The Morgan fingerprint density at radius 1 is 1.11 bits per heavy atom. The maximum atomic E-state index is 11.1. The number of aliphatic hydroxyl groups is 1. The Balaban J connectivity index is 1.40. The lowest BCUT2D eigenvalue weighted by molar-refractivity contribution is -0.0647. The van der Waals surface area contributed by atoms with Crippen molar-refractivity contribution in [3.05, 3.63) is 29.3 Å². The zero-order valence-electron chi connectivity index (χ0n) is 16.5. The van der Waals surface area contributed by atoms with Crippen molar-refractivity contribution in [3.63, 3.8) is 0 Å². The van der Waals surface area contributed by atoms with Gasteiger partial charge in [0.1, 0.15) is 11.4 Å². The van der Waals surface area contributed by atoms with Gasteiger partial charge < -0.3 is 9.84 Å². The minimum absolute atomic E-state index is 0.105. The zero-order valence-corrected chi connectivity index (χ0v) is 16.5. The van der Waals surface area contributed by atoms with E-state index in [1.165, 1.54) is 37.7 Å². The highest BCUT2D eigenvalue weighted by atomic mass is 16.5. The third-order valence-corrected chi connectivity index (χ3v) is 8.69. The van der Waals surface area contributed by atoms with Gasteiger partial charge in [-0.1, -0.05) is 18.9 Å². The van der Waals surface area contributed by atoms with Gasteiger partial charge in [0.05, 0.1) is 6.10 Å². The molecule has 5 rings (SSSR count). The summed E-state index contributed by atoms with van der Waals surface area (Å²) >= 11 is 0. The van der Waals surface area contributed by atoms with Gasteiger partial charge in [0.25, 0.3) is 0 Å². The van der Waals surface area contributed by atoms with Crippen LogP contribution in [0.3, 0.4) is 0 Å². The Hall–Kier alpha value is -1.46. The molecule has 1 N–H and O–H groups in total. The van der Waals surface area contributed by atoms with Gasteiger partial charge in [0.15, 0.2) is 0 Å². The summed E-state index contributed by atoms with van der Waals surface area (Å²) in [5.41, 5.74) is 2.04. The molecule has 144 valence electrons. The topological polar surface area (TPSA) is 29.5 Å². The number of hydrogen-bond donors (Lipinski definition) is 1. The molecule has 4 aliphatic rings. The monoisotopic (exact) mass is 364 g/mol. The Morgan fingerprint density at radius 3 is 2.70 bits per heavy atom. The van der Waals surface area contributed by atoms with E-state index in [0.29, 0.717) is 23.9 Å². The largest absolute Gasteiger partial charge is 0.490 e. The predicted molar refractivity (Wildman–Crippen MR) is 108 cm³/mol. The summed E-state index contributed by atoms with van der Waals surface area (Å²) < 4.78 is 6.25. The van der Waals surface area contributed by atoms with E-state index in [2.05, 4.69) is 31.0 Å². The average molecular weight is 365 g/mol. The summed E-state index contributed by atoms with van der Waals surface area (Å²) in [6, 6.07) is 6.88. The summed E-state index contributed by atoms with van der Waals surface area (Å²) in [5, 5.41) is 11.1. The van der Waals surface area contributed by atoms with Crippen molar-refractivity contribution in [2.75, 3.05) is 0 Å². The Morgan fingerprint density at radius 2 is 1.93 bits per heavy atom. The molecule has 27 heavy (non-hydrogen) atoms. The van der Waals surface area contributed by atoms with Gasteiger partial charge in [0, 0.05) is 5.41 Å². The van der Waals surface area contributed by atoms with Gasteiger partial charge in [-0.25, -0.2) is 0 Å². The fourth-order valence-corrected chi connectivity index (χ4v) is 7.08. The van der Waals surface area contributed by atoms with Gasteiger partial charge in [-0.05, 0) is 105 Å². The van der Waals surface area contributed by atoms with Crippen molar-refractivity contribution in [2.45, 2.75) is 88.8 Å². The van der Waals surface area contributed by atoms with E-state index in [0.717, 1.165) is 37.9 Å². The highest BCUT2D eigenvalue weighted by molar-refractivity contribution is 5.41. The fourth-order valence-electron chi connectivity index (χ4n) is 7.08. The predicted octanol–water partition coefficient (Wildman–Crippen LogP) is 5.23. The Labute approximate surface area is 163 Å². The lowest BCUT2D eigenvalue weighted by atomic mass is 9.53. The first kappa shape index (κ1) is 17.6. The van der Waals surface area contributed by atoms with Crippen LogP contribution in [0, 0.1) is 29.6 Å². The maximum absolute atomic E-state index is 11.1. The summed E-state index contributed by atoms with van der Waals surface area (Å²) in [6.45, 7) is 2.26. The molecule has 0 heterocycles. The van der Waals surface area contributed by atoms with Crippen LogP contribution in [0.4, 0.5) is 0 Å². The van der Waals surface area contributed by atoms with Gasteiger partial charge in [-0.2, -0.15) is 0 Å². The molecule has 1 unspecified atom stereocenters.